The molecule has 0 radical (unpaired) electrons. The Morgan fingerprint density at radius 2 is 1.92 bits per heavy atom. The summed E-state index contributed by atoms with van der Waals surface area (Å²) in [7, 11) is 0. The van der Waals surface area contributed by atoms with Crippen LogP contribution in [0.2, 0.25) is 0 Å². The van der Waals surface area contributed by atoms with Gasteiger partial charge in [-0.1, -0.05) is 19.8 Å². The summed E-state index contributed by atoms with van der Waals surface area (Å²) in [5, 5.41) is 12.4. The molecule has 0 heterocycles. The number of hydrogen-bond donors (Lipinski definition) is 2. The van der Waals surface area contributed by atoms with Crippen molar-refractivity contribution >= 4 is 0 Å². The molecule has 0 aliphatic heterocycles. The van der Waals surface area contributed by atoms with Crippen molar-refractivity contribution < 1.29 is 5.11 Å². The lowest BCUT2D eigenvalue weighted by Gasteiger charge is -2.26. The van der Waals surface area contributed by atoms with Crippen LogP contribution in [-0.4, -0.2) is 24.3 Å². The van der Waals surface area contributed by atoms with Crippen LogP contribution in [-0.2, 0) is 0 Å². The Hall–Kier alpha value is -0.0800. The molecule has 2 nitrogen and oxygen atoms in total. The Morgan fingerprint density at radius 1 is 1.31 bits per heavy atom. The third kappa shape index (κ3) is 4.63. The molecule has 1 aliphatic carbocycles. The summed E-state index contributed by atoms with van der Waals surface area (Å²) in [6, 6.07) is 0. The third-order valence-electron chi connectivity index (χ3n) is 3.01. The Morgan fingerprint density at radius 3 is 2.46 bits per heavy atom. The second kappa shape index (κ2) is 5.61. The molecule has 1 atom stereocenters. The Labute approximate surface area is 81.7 Å². The third-order valence-corrected chi connectivity index (χ3v) is 3.01. The van der Waals surface area contributed by atoms with Gasteiger partial charge in [0.2, 0.25) is 0 Å². The Kier molecular flexibility index (Phi) is 4.74. The molecular weight excluding hydrogens is 162 g/mol. The van der Waals surface area contributed by atoms with E-state index in [1.807, 2.05) is 6.92 Å². The van der Waals surface area contributed by atoms with Gasteiger partial charge in [-0.2, -0.15) is 0 Å². The van der Waals surface area contributed by atoms with Crippen LogP contribution in [0.25, 0.3) is 0 Å². The minimum atomic E-state index is -0.206. The Bertz CT molecular complexity index is 128. The predicted octanol–water partition coefficient (Wildman–Crippen LogP) is 1.78. The molecule has 2 N–H and O–H groups in total. The van der Waals surface area contributed by atoms with Gasteiger partial charge < -0.3 is 10.4 Å². The lowest BCUT2D eigenvalue weighted by atomic mass is 9.83. The van der Waals surface area contributed by atoms with Gasteiger partial charge in [0.15, 0.2) is 0 Å². The highest BCUT2D eigenvalue weighted by atomic mass is 16.3. The number of aliphatic hydroxyl groups excluding tert-OH is 1. The summed E-state index contributed by atoms with van der Waals surface area (Å²) in [5.41, 5.74) is 0. The molecule has 0 amide bonds. The summed E-state index contributed by atoms with van der Waals surface area (Å²) < 4.78 is 0. The maximum absolute atomic E-state index is 9.06. The van der Waals surface area contributed by atoms with E-state index < -0.39 is 0 Å². The molecule has 78 valence electrons. The lowest BCUT2D eigenvalue weighted by Crippen LogP contribution is -2.31. The van der Waals surface area contributed by atoms with Gasteiger partial charge in [0.1, 0.15) is 0 Å². The highest BCUT2D eigenvalue weighted by Gasteiger charge is 2.17. The van der Waals surface area contributed by atoms with Gasteiger partial charge in [-0.25, -0.2) is 0 Å². The number of rotatable bonds is 4. The quantitative estimate of drug-likeness (QED) is 0.700. The molecule has 2 heteroatoms. The van der Waals surface area contributed by atoms with E-state index in [0.29, 0.717) is 0 Å². The minimum absolute atomic E-state index is 0.206. The smallest absolute Gasteiger partial charge is 0.0636 e. The first-order chi connectivity index (χ1) is 6.18. The first-order valence-corrected chi connectivity index (χ1v) is 5.57. The normalized spacial score (nSPS) is 31.6. The van der Waals surface area contributed by atoms with Crippen molar-refractivity contribution in [2.24, 2.45) is 11.8 Å². The molecule has 0 aromatic rings. The molecule has 0 bridgehead atoms. The molecule has 0 aromatic heterocycles. The SMILES string of the molecule is CC(O)CNCC1CCC(C)CC1. The first-order valence-electron chi connectivity index (χ1n) is 5.57. The average molecular weight is 185 g/mol. The predicted molar refractivity (Wildman–Crippen MR) is 55.7 cm³/mol. The summed E-state index contributed by atoms with van der Waals surface area (Å²) in [4.78, 5) is 0. The van der Waals surface area contributed by atoms with E-state index in [1.165, 1.54) is 25.7 Å². The van der Waals surface area contributed by atoms with E-state index in [-0.39, 0.29) is 6.10 Å². The van der Waals surface area contributed by atoms with Crippen LogP contribution < -0.4 is 5.32 Å². The fourth-order valence-corrected chi connectivity index (χ4v) is 2.03. The van der Waals surface area contributed by atoms with Crippen LogP contribution in [0.4, 0.5) is 0 Å². The van der Waals surface area contributed by atoms with Gasteiger partial charge >= 0.3 is 0 Å². The molecule has 1 rings (SSSR count). The highest BCUT2D eigenvalue weighted by Crippen LogP contribution is 2.27. The first kappa shape index (κ1) is 11.0. The second-order valence-corrected chi connectivity index (χ2v) is 4.63. The highest BCUT2D eigenvalue weighted by molar-refractivity contribution is 4.71. The maximum Gasteiger partial charge on any atom is 0.0636 e. The largest absolute Gasteiger partial charge is 0.392 e. The van der Waals surface area contributed by atoms with Crippen LogP contribution in [0.5, 0.6) is 0 Å². The van der Waals surface area contributed by atoms with Crippen molar-refractivity contribution in [2.75, 3.05) is 13.1 Å². The fraction of sp³-hybridized carbons (Fsp3) is 1.00. The molecule has 0 saturated heterocycles. The van der Waals surface area contributed by atoms with Crippen molar-refractivity contribution in [2.45, 2.75) is 45.6 Å². The van der Waals surface area contributed by atoms with E-state index in [9.17, 15) is 0 Å². The number of nitrogens with one attached hydrogen (secondary N) is 1. The maximum atomic E-state index is 9.06. The zero-order valence-corrected chi connectivity index (χ0v) is 8.92. The Balaban J connectivity index is 2.02. The van der Waals surface area contributed by atoms with Gasteiger partial charge in [-0.15, -0.1) is 0 Å². The van der Waals surface area contributed by atoms with Crippen LogP contribution in [0.1, 0.15) is 39.5 Å². The molecule has 0 aromatic carbocycles. The standard InChI is InChI=1S/C11H23NO/c1-9-3-5-11(6-4-9)8-12-7-10(2)13/h9-13H,3-8H2,1-2H3. The number of aliphatic hydroxyl groups is 1. The molecule has 1 unspecified atom stereocenters. The summed E-state index contributed by atoms with van der Waals surface area (Å²) in [6.07, 6.45) is 5.31. The van der Waals surface area contributed by atoms with Gasteiger partial charge in [0.25, 0.3) is 0 Å². The molecule has 1 fully saturated rings. The van der Waals surface area contributed by atoms with Gasteiger partial charge in [-0.3, -0.25) is 0 Å². The van der Waals surface area contributed by atoms with Crippen molar-refractivity contribution in [3.8, 4) is 0 Å². The second-order valence-electron chi connectivity index (χ2n) is 4.63. The van der Waals surface area contributed by atoms with Gasteiger partial charge in [0.05, 0.1) is 6.10 Å². The fourth-order valence-electron chi connectivity index (χ4n) is 2.03. The molecular formula is C11H23NO. The van der Waals surface area contributed by atoms with Crippen LogP contribution in [0.15, 0.2) is 0 Å². The summed E-state index contributed by atoms with van der Waals surface area (Å²) in [5.74, 6) is 1.79. The van der Waals surface area contributed by atoms with E-state index in [2.05, 4.69) is 12.2 Å². The zero-order valence-electron chi connectivity index (χ0n) is 8.92. The van der Waals surface area contributed by atoms with E-state index in [0.717, 1.165) is 24.9 Å². The zero-order chi connectivity index (χ0) is 9.68. The van der Waals surface area contributed by atoms with Crippen molar-refractivity contribution in [1.82, 2.24) is 5.32 Å². The summed E-state index contributed by atoms with van der Waals surface area (Å²) >= 11 is 0. The molecule has 13 heavy (non-hydrogen) atoms. The molecule has 0 spiro atoms. The molecule has 1 aliphatic rings. The lowest BCUT2D eigenvalue weighted by molar-refractivity contribution is 0.185. The topological polar surface area (TPSA) is 32.3 Å². The molecule has 1 saturated carbocycles. The van der Waals surface area contributed by atoms with E-state index >= 15 is 0 Å². The van der Waals surface area contributed by atoms with E-state index in [1.54, 1.807) is 0 Å². The van der Waals surface area contributed by atoms with Gasteiger partial charge in [0, 0.05) is 6.54 Å². The summed E-state index contributed by atoms with van der Waals surface area (Å²) in [6.45, 7) is 6.01. The van der Waals surface area contributed by atoms with Crippen LogP contribution >= 0.6 is 0 Å². The van der Waals surface area contributed by atoms with E-state index in [4.69, 9.17) is 5.11 Å². The number of hydrogen-bond acceptors (Lipinski definition) is 2. The van der Waals surface area contributed by atoms with Gasteiger partial charge in [-0.05, 0) is 38.1 Å². The monoisotopic (exact) mass is 185 g/mol. The minimum Gasteiger partial charge on any atom is -0.392 e. The van der Waals surface area contributed by atoms with Crippen LogP contribution in [0.3, 0.4) is 0 Å². The van der Waals surface area contributed by atoms with Crippen molar-refractivity contribution in [3.63, 3.8) is 0 Å². The average Bonchev–Trinajstić information content (AvgIpc) is 2.08. The van der Waals surface area contributed by atoms with Crippen molar-refractivity contribution in [1.29, 1.82) is 0 Å². The van der Waals surface area contributed by atoms with Crippen molar-refractivity contribution in [3.05, 3.63) is 0 Å². The van der Waals surface area contributed by atoms with Crippen LogP contribution in [0, 0.1) is 11.8 Å².